The van der Waals surface area contributed by atoms with E-state index in [1.807, 2.05) is 0 Å². The Kier molecular flexibility index (Phi) is 11.5. The number of aliphatic hydroxyl groups excluding tert-OH is 2. The first kappa shape index (κ1) is 45.6. The van der Waals surface area contributed by atoms with Crippen LogP contribution in [0.1, 0.15) is 47.0 Å². The van der Waals surface area contributed by atoms with Gasteiger partial charge in [0.25, 0.3) is 5.78 Å². The highest BCUT2D eigenvalue weighted by Crippen LogP contribution is 2.48. The number of hydrogen-bond donors (Lipinski definition) is 14. The molecule has 0 aromatic heterocycles. The summed E-state index contributed by atoms with van der Waals surface area (Å²) in [6.45, 7) is -1.27. The first-order chi connectivity index (χ1) is 31.5. The number of Topliss-reactive ketones (excluding diaryl/α,β-unsaturated/α-hetero) is 1. The van der Waals surface area contributed by atoms with Gasteiger partial charge in [0.05, 0.1) is 22.3 Å². The number of benzene rings is 4. The van der Waals surface area contributed by atoms with Gasteiger partial charge in [-0.2, -0.15) is 0 Å². The van der Waals surface area contributed by atoms with Gasteiger partial charge in [0.15, 0.2) is 87.0 Å². The quantitative estimate of drug-likeness (QED) is 0.0733. The van der Waals surface area contributed by atoms with Crippen LogP contribution in [0.5, 0.6) is 69.0 Å². The fourth-order valence-corrected chi connectivity index (χ4v) is 6.92. The van der Waals surface area contributed by atoms with Gasteiger partial charge in [-0.25, -0.2) is 19.2 Å². The highest BCUT2D eigenvalue weighted by molar-refractivity contribution is 6.16. The topological polar surface area (TPSA) is 441 Å². The maximum absolute atomic E-state index is 14.4. The maximum Gasteiger partial charge on any atom is 0.340 e. The average molecular weight is 939 g/mol. The molecule has 1 saturated heterocycles. The summed E-state index contributed by atoms with van der Waals surface area (Å²) in [6.07, 6.45) is -11.8. The van der Waals surface area contributed by atoms with Gasteiger partial charge in [0, 0.05) is 11.1 Å². The monoisotopic (exact) mass is 938 g/mol. The minimum absolute atomic E-state index is 0.423. The second-order valence-electron chi connectivity index (χ2n) is 14.4. The highest BCUT2D eigenvalue weighted by atomic mass is 16.7. The predicted octanol–water partition coefficient (Wildman–Crippen LogP) is 1.18. The number of carbonyl (C=O) groups excluding carboxylic acids is 6. The van der Waals surface area contributed by atoms with Crippen molar-refractivity contribution in [3.05, 3.63) is 87.9 Å². The Morgan fingerprint density at radius 3 is 1.45 bits per heavy atom. The molecular formula is C41H30O26. The lowest BCUT2D eigenvalue weighted by Gasteiger charge is -2.44. The van der Waals surface area contributed by atoms with E-state index in [-0.39, 0.29) is 0 Å². The van der Waals surface area contributed by atoms with Crippen molar-refractivity contribution in [3.63, 3.8) is 0 Å². The molecule has 26 nitrogen and oxygen atoms in total. The summed E-state index contributed by atoms with van der Waals surface area (Å²) in [4.78, 5) is 82.6. The van der Waals surface area contributed by atoms with Gasteiger partial charge < -0.3 is 99.9 Å². The first-order valence-corrected chi connectivity index (χ1v) is 18.6. The molecule has 0 amide bonds. The lowest BCUT2D eigenvalue weighted by molar-refractivity contribution is -0.287. The number of aromatic hydroxyl groups is 12. The molecule has 0 saturated carbocycles. The number of phenols is 12. The van der Waals surface area contributed by atoms with Crippen LogP contribution >= 0.6 is 0 Å². The van der Waals surface area contributed by atoms with Gasteiger partial charge in [0.1, 0.15) is 18.6 Å². The third-order valence-corrected chi connectivity index (χ3v) is 10.2. The van der Waals surface area contributed by atoms with Crippen LogP contribution in [0.4, 0.5) is 0 Å². The Morgan fingerprint density at radius 1 is 0.537 bits per heavy atom. The van der Waals surface area contributed by atoms with Gasteiger partial charge in [-0.3, -0.25) is 9.59 Å². The van der Waals surface area contributed by atoms with E-state index in [2.05, 4.69) is 0 Å². The third-order valence-electron chi connectivity index (χ3n) is 10.2. The van der Waals surface area contributed by atoms with Crippen LogP contribution in [0, 0.1) is 5.92 Å². The smallest absolute Gasteiger partial charge is 0.340 e. The summed E-state index contributed by atoms with van der Waals surface area (Å²) >= 11 is 0. The number of ether oxygens (including phenoxy) is 6. The number of aliphatic hydroxyl groups is 2. The van der Waals surface area contributed by atoms with Crippen molar-refractivity contribution < 1.29 is 129 Å². The van der Waals surface area contributed by atoms with Crippen molar-refractivity contribution in [2.24, 2.45) is 5.92 Å². The largest absolute Gasteiger partial charge is 0.504 e. The number of carbonyl (C=O) groups is 6. The van der Waals surface area contributed by atoms with Gasteiger partial charge in [0.2, 0.25) is 18.1 Å². The summed E-state index contributed by atoms with van der Waals surface area (Å²) in [6, 6.07) is 3.72. The molecule has 4 aromatic carbocycles. The molecule has 7 rings (SSSR count). The van der Waals surface area contributed by atoms with Crippen LogP contribution in [0.25, 0.3) is 5.57 Å². The molecule has 14 N–H and O–H groups in total. The van der Waals surface area contributed by atoms with Crippen molar-refractivity contribution in [3.8, 4) is 69.0 Å². The molecular weight excluding hydrogens is 908 g/mol. The van der Waals surface area contributed by atoms with E-state index < -0.39 is 193 Å². The van der Waals surface area contributed by atoms with Crippen molar-refractivity contribution in [1.82, 2.24) is 0 Å². The van der Waals surface area contributed by atoms with Crippen LogP contribution in [-0.2, 0) is 38.0 Å². The van der Waals surface area contributed by atoms with E-state index in [9.17, 15) is 100 Å². The van der Waals surface area contributed by atoms with E-state index in [1.54, 1.807) is 0 Å². The number of esters is 5. The number of phenolic OH excluding ortho intramolecular Hbond substituents is 12. The fourth-order valence-electron chi connectivity index (χ4n) is 6.92. The molecule has 67 heavy (non-hydrogen) atoms. The van der Waals surface area contributed by atoms with E-state index >= 15 is 0 Å². The van der Waals surface area contributed by atoms with Crippen LogP contribution in [0.3, 0.4) is 0 Å². The summed E-state index contributed by atoms with van der Waals surface area (Å²) in [5.41, 5.74) is -5.53. The van der Waals surface area contributed by atoms with Crippen LogP contribution in [0.2, 0.25) is 0 Å². The first-order valence-electron chi connectivity index (χ1n) is 18.6. The number of rotatable bonds is 6. The van der Waals surface area contributed by atoms with Crippen LogP contribution in [0.15, 0.2) is 60.1 Å². The Bertz CT molecular complexity index is 2830. The minimum atomic E-state index is -2.55. The Hall–Kier alpha value is -9.46. The zero-order valence-corrected chi connectivity index (χ0v) is 32.9. The Labute approximate surface area is 369 Å². The molecule has 1 fully saturated rings. The second-order valence-corrected chi connectivity index (χ2v) is 14.4. The molecule has 0 bridgehead atoms. The maximum atomic E-state index is 14.4. The van der Waals surface area contributed by atoms with E-state index in [0.29, 0.717) is 48.5 Å². The zero-order chi connectivity index (χ0) is 49.1. The molecule has 0 radical (unpaired) electrons. The van der Waals surface area contributed by atoms with Crippen molar-refractivity contribution in [2.75, 3.05) is 6.61 Å². The average Bonchev–Trinajstić information content (AvgIpc) is 3.29. The SMILES string of the molecule is O=C1C(O)=C[C@@H]2C(=O)O[C@H]3[C@@H](OC(=O)c4cc(O)c(O)c(O)c4)[C@H](OC(=O)c4cc(O)c(O)c(O)c4)[C@@H](OC(=O)c4cc(O)c(O)c(O)c4)O[C@@H]3COC(=O)c3cc(O)c(O)c(O)c3C2=C1O. The zero-order valence-electron chi connectivity index (χ0n) is 32.9. The minimum Gasteiger partial charge on any atom is -0.504 e. The number of ketones is 1. The van der Waals surface area contributed by atoms with Gasteiger partial charge in [-0.1, -0.05) is 0 Å². The molecule has 3 aliphatic rings. The molecule has 1 aliphatic carbocycles. The van der Waals surface area contributed by atoms with E-state index in [1.165, 1.54) is 0 Å². The highest BCUT2D eigenvalue weighted by Gasteiger charge is 2.56. The van der Waals surface area contributed by atoms with Crippen LogP contribution < -0.4 is 0 Å². The summed E-state index contributed by atoms with van der Waals surface area (Å²) in [5, 5.41) is 144. The summed E-state index contributed by atoms with van der Waals surface area (Å²) in [5.74, 6) is -29.2. The number of hydrogen-bond acceptors (Lipinski definition) is 26. The normalized spacial score (nSPS) is 21.5. The van der Waals surface area contributed by atoms with E-state index in [0.717, 1.165) is 0 Å². The number of fused-ring (bicyclic) bond motifs is 4. The van der Waals surface area contributed by atoms with Gasteiger partial charge in [-0.05, 0) is 48.5 Å². The fraction of sp³-hybridized carbons (Fsp3) is 0.171. The van der Waals surface area contributed by atoms with E-state index in [4.69, 9.17) is 28.4 Å². The Balaban J connectivity index is 1.43. The van der Waals surface area contributed by atoms with Crippen molar-refractivity contribution in [1.29, 1.82) is 0 Å². The molecule has 0 spiro atoms. The molecule has 2 aliphatic heterocycles. The number of cyclic esters (lactones) is 1. The third kappa shape index (κ3) is 8.16. The lowest BCUT2D eigenvalue weighted by Crippen LogP contribution is -2.63. The van der Waals surface area contributed by atoms with Gasteiger partial charge in [-0.15, -0.1) is 0 Å². The molecule has 6 atom stereocenters. The lowest BCUT2D eigenvalue weighted by atomic mass is 9.82. The Morgan fingerprint density at radius 2 is 0.970 bits per heavy atom. The molecule has 350 valence electrons. The van der Waals surface area contributed by atoms with Crippen molar-refractivity contribution in [2.45, 2.75) is 30.7 Å². The van der Waals surface area contributed by atoms with Crippen molar-refractivity contribution >= 4 is 41.2 Å². The second kappa shape index (κ2) is 16.9. The van der Waals surface area contributed by atoms with Crippen LogP contribution in [-0.4, -0.2) is 144 Å². The molecule has 0 unspecified atom stereocenters. The van der Waals surface area contributed by atoms with Gasteiger partial charge >= 0.3 is 29.8 Å². The molecule has 2 heterocycles. The predicted molar refractivity (Wildman–Crippen MR) is 207 cm³/mol. The molecule has 26 heteroatoms. The molecule has 4 aromatic rings. The summed E-state index contributed by atoms with van der Waals surface area (Å²) < 4.78 is 33.5. The summed E-state index contributed by atoms with van der Waals surface area (Å²) in [7, 11) is 0. The standard InChI is InChI=1S/C41H30O26/c42-15-1-10(2-16(43)26(15)50)36(57)65-34-33-23(9-62-39(60)13-7-21(48)29(53)31(55)24(13)25-14(40(61)64-33)8-22(49)30(54)32(25)56)63-41(67-38(59)12-5-19(46)28(52)20(47)6-12)35(34)66-37(58)11-3-17(44)27(51)18(45)4-11/h1-8,14,23,33-35,41-53,55-56H,9H2/t14-,23+,33+,34+,35-,41+/m0/s1.